The van der Waals surface area contributed by atoms with Crippen LogP contribution in [0.25, 0.3) is 65.4 Å². The second-order valence-electron chi connectivity index (χ2n) is 28.9. The van der Waals surface area contributed by atoms with E-state index in [9.17, 15) is 0 Å². The number of pyridine rings is 6. The molecule has 0 amide bonds. The van der Waals surface area contributed by atoms with E-state index >= 15 is 0 Å². The van der Waals surface area contributed by atoms with Gasteiger partial charge in [0, 0.05) is 153 Å². The van der Waals surface area contributed by atoms with Crippen LogP contribution in [-0.2, 0) is 39.3 Å². The van der Waals surface area contributed by atoms with Gasteiger partial charge in [0.15, 0.2) is 34.2 Å². The van der Waals surface area contributed by atoms with Gasteiger partial charge in [-0.3, -0.25) is 0 Å². The van der Waals surface area contributed by atoms with Crippen molar-refractivity contribution in [1.29, 1.82) is 0 Å². The quantitative estimate of drug-likeness (QED) is 0.0176. The third-order valence-electron chi connectivity index (χ3n) is 21.3. The average Bonchev–Trinajstić information content (AvgIpc) is 0.844. The first-order chi connectivity index (χ1) is 49.7. The van der Waals surface area contributed by atoms with Crippen LogP contribution in [0.1, 0.15) is 188 Å². The molecule has 0 aliphatic carbocycles. The lowest BCUT2D eigenvalue weighted by Crippen LogP contribution is -2.38. The van der Waals surface area contributed by atoms with Crippen LogP contribution in [0.5, 0.6) is 0 Å². The molecule has 6 aromatic carbocycles. The number of hydrogen-bond acceptors (Lipinski definition) is 6. The van der Waals surface area contributed by atoms with Crippen LogP contribution in [0.15, 0.2) is 182 Å². The molecule has 12 heteroatoms. The van der Waals surface area contributed by atoms with E-state index in [-0.39, 0.29) is 0 Å². The van der Waals surface area contributed by atoms with Crippen LogP contribution in [0.3, 0.4) is 0 Å². The van der Waals surface area contributed by atoms with Crippen LogP contribution < -0.4 is 61.8 Å². The average molecular weight is 1370 g/mol. The van der Waals surface area contributed by atoms with E-state index in [2.05, 4.69) is 251 Å². The van der Waals surface area contributed by atoms with E-state index in [1.165, 1.54) is 221 Å². The van der Waals surface area contributed by atoms with Crippen LogP contribution in [0.2, 0.25) is 0 Å². The van der Waals surface area contributed by atoms with E-state index in [1.807, 2.05) is 0 Å². The second-order valence-corrected chi connectivity index (χ2v) is 28.9. The maximum Gasteiger partial charge on any atom is 0.214 e. The third-order valence-corrected chi connectivity index (χ3v) is 21.3. The smallest absolute Gasteiger partial charge is 0.214 e. The Labute approximate surface area is 609 Å². The number of fused-ring (bicyclic) bond motifs is 6. The molecular weight excluding hydrogens is 1250 g/mol. The summed E-state index contributed by atoms with van der Waals surface area (Å²) in [5.41, 5.74) is 57.6. The molecule has 0 saturated heterocycles. The first-order valence-electron chi connectivity index (χ1n) is 38.7. The highest BCUT2D eigenvalue weighted by Crippen LogP contribution is 2.26. The number of rotatable bonds is 33. The zero-order chi connectivity index (χ0) is 71.7. The summed E-state index contributed by atoms with van der Waals surface area (Å²) in [4.78, 5) is 0. The Balaban J connectivity index is 0.000000165. The number of anilines is 6. The molecule has 0 fully saturated rings. The molecule has 0 aliphatic rings. The Kier molecular flexibility index (Phi) is 28.0. The number of hydrogen-bond donors (Lipinski definition) is 6. The molecule has 0 atom stereocenters. The molecule has 12 rings (SSSR count). The minimum atomic E-state index is 0.877. The molecule has 0 spiro atoms. The fraction of sp³-hybridized carbons (Fsp3) is 0.400. The normalized spacial score (nSPS) is 11.5. The molecular formula is C90H120N12+6. The van der Waals surface area contributed by atoms with Crippen molar-refractivity contribution in [1.82, 2.24) is 0 Å². The van der Waals surface area contributed by atoms with E-state index in [1.54, 1.807) is 0 Å². The summed E-state index contributed by atoms with van der Waals surface area (Å²) in [6.45, 7) is 19.4. The van der Waals surface area contributed by atoms with Crippen molar-refractivity contribution in [3.8, 4) is 0 Å². The minimum Gasteiger partial charge on any atom is -0.398 e. The Morgan fingerprint density at radius 3 is 0.431 bits per heavy atom. The molecule has 6 heterocycles. The van der Waals surface area contributed by atoms with Gasteiger partial charge in [0.2, 0.25) is 33.1 Å². The van der Waals surface area contributed by atoms with Crippen molar-refractivity contribution in [2.24, 2.45) is 0 Å². The molecule has 6 aromatic heterocycles. The minimum absolute atomic E-state index is 0.877. The van der Waals surface area contributed by atoms with Gasteiger partial charge in [-0.25, -0.2) is 0 Å². The van der Waals surface area contributed by atoms with Crippen molar-refractivity contribution in [2.75, 3.05) is 34.4 Å². The zero-order valence-corrected chi connectivity index (χ0v) is 62.7. The number of benzene rings is 6. The Hall–Kier alpha value is -9.42. The number of aryl methyl sites for hydroxylation is 12. The van der Waals surface area contributed by atoms with Crippen LogP contribution >= 0.6 is 0 Å². The van der Waals surface area contributed by atoms with Crippen molar-refractivity contribution in [2.45, 2.75) is 235 Å². The van der Waals surface area contributed by atoms with Gasteiger partial charge < -0.3 is 34.4 Å². The molecule has 0 bridgehead atoms. The van der Waals surface area contributed by atoms with Crippen LogP contribution in [0.4, 0.5) is 34.1 Å². The Morgan fingerprint density at radius 2 is 0.294 bits per heavy atom. The van der Waals surface area contributed by atoms with Crippen molar-refractivity contribution in [3.63, 3.8) is 0 Å². The highest BCUT2D eigenvalue weighted by atomic mass is 15.0. The van der Waals surface area contributed by atoms with Crippen molar-refractivity contribution >= 4 is 99.5 Å². The molecule has 0 radical (unpaired) electrons. The van der Waals surface area contributed by atoms with Gasteiger partial charge in [-0.1, -0.05) is 150 Å². The molecule has 12 nitrogen and oxygen atoms in total. The van der Waals surface area contributed by atoms with Crippen molar-refractivity contribution < 1.29 is 27.4 Å². The van der Waals surface area contributed by atoms with Gasteiger partial charge in [0.1, 0.15) is 39.3 Å². The van der Waals surface area contributed by atoms with Gasteiger partial charge in [-0.15, -0.1) is 0 Å². The number of nitrogens with zero attached hydrogens (tertiary/aromatic N) is 6. The Bertz CT molecular complexity index is 3960. The maximum atomic E-state index is 6.22. The van der Waals surface area contributed by atoms with Crippen molar-refractivity contribution in [3.05, 3.63) is 216 Å². The highest BCUT2D eigenvalue weighted by Gasteiger charge is 2.21. The standard InChI is InChI=1S/3C30H38N4/c3*1-23-21-27(31)25-15-9-11-17-29(25)33(23)19-13-7-5-3-4-6-8-14-20-34-24(2)22-28(32)26-16-10-12-18-30(26)34/h3*9-12,15-18,21-22,31-32H,3-8,13-14,19-20H2,1-2H3/p+6. The predicted octanol–water partition coefficient (Wildman–Crippen LogP) is 18.5. The van der Waals surface area contributed by atoms with E-state index < -0.39 is 0 Å². The highest BCUT2D eigenvalue weighted by molar-refractivity contribution is 5.91. The summed E-state index contributed by atoms with van der Waals surface area (Å²) in [6.07, 6.45) is 31.0. The third kappa shape index (κ3) is 19.8. The summed E-state index contributed by atoms with van der Waals surface area (Å²) in [6, 6.07) is 63.5. The fourth-order valence-corrected chi connectivity index (χ4v) is 15.7. The molecule has 0 aliphatic heterocycles. The maximum absolute atomic E-state index is 6.22. The number of aromatic nitrogens is 6. The molecule has 12 aromatic rings. The summed E-state index contributed by atoms with van der Waals surface area (Å²) >= 11 is 0. The largest absolute Gasteiger partial charge is 0.398 e. The topological polar surface area (TPSA) is 179 Å². The van der Waals surface area contributed by atoms with Crippen LogP contribution in [-0.4, -0.2) is 0 Å². The van der Waals surface area contributed by atoms with E-state index in [0.29, 0.717) is 0 Å². The van der Waals surface area contributed by atoms with Gasteiger partial charge >= 0.3 is 0 Å². The summed E-state index contributed by atoms with van der Waals surface area (Å²) in [7, 11) is 0. The number of unbranched alkanes of at least 4 members (excludes halogenated alkanes) is 21. The zero-order valence-electron chi connectivity index (χ0n) is 62.7. The lowest BCUT2D eigenvalue weighted by atomic mass is 10.1. The van der Waals surface area contributed by atoms with Crippen LogP contribution in [0, 0.1) is 41.5 Å². The lowest BCUT2D eigenvalue weighted by Gasteiger charge is -2.08. The molecule has 0 saturated carbocycles. The fourth-order valence-electron chi connectivity index (χ4n) is 15.7. The molecule has 0 unspecified atom stereocenters. The summed E-state index contributed by atoms with van der Waals surface area (Å²) in [5, 5.41) is 6.96. The van der Waals surface area contributed by atoms with E-state index in [0.717, 1.165) is 106 Å². The first kappa shape index (κ1) is 75.2. The second kappa shape index (κ2) is 38.0. The predicted molar refractivity (Wildman–Crippen MR) is 431 cm³/mol. The van der Waals surface area contributed by atoms with Gasteiger partial charge in [-0.2, -0.15) is 27.4 Å². The SMILES string of the molecule is Cc1cc(N)c2ccccc2[n+]1CCCCCCCCCC[n+]1c(C)cc(N)c2ccccc21.Cc1cc(N)c2ccccc2[n+]1CCCCCCCCCC[n+]1c(C)cc(N)c2ccccc21.Cc1cc(N)c2ccccc2[n+]1CCCCCCCCCC[n+]1c(C)cc(N)c2ccccc21. The van der Waals surface area contributed by atoms with Gasteiger partial charge in [-0.05, 0) is 74.9 Å². The summed E-state index contributed by atoms with van der Waals surface area (Å²) < 4.78 is 14.5. The monoisotopic (exact) mass is 1370 g/mol. The first-order valence-corrected chi connectivity index (χ1v) is 38.7. The molecule has 12 N–H and O–H groups in total. The number of nitrogen functional groups attached to an aromatic ring is 6. The van der Waals surface area contributed by atoms with Gasteiger partial charge in [0.25, 0.3) is 0 Å². The lowest BCUT2D eigenvalue weighted by molar-refractivity contribution is -0.678. The summed E-state index contributed by atoms with van der Waals surface area (Å²) in [5.74, 6) is 0. The number of para-hydroxylation sites is 6. The van der Waals surface area contributed by atoms with Gasteiger partial charge in [0.05, 0.1) is 66.4 Å². The molecule has 102 heavy (non-hydrogen) atoms. The Morgan fingerprint density at radius 1 is 0.176 bits per heavy atom. The number of nitrogens with two attached hydrogens (primary N) is 6. The molecule has 534 valence electrons. The van der Waals surface area contributed by atoms with E-state index in [4.69, 9.17) is 34.4 Å².